The molecule has 0 saturated heterocycles. The predicted octanol–water partition coefficient (Wildman–Crippen LogP) is 5.64. The molecular formula is C26H21NO3. The number of hydrogen-bond donors (Lipinski definition) is 1. The standard InChI is InChI=1S/C26H21NO3/c1-17-12-13-23(21(14-17)25(28)18-8-4-3-5-9-18)27-26(29)22-15-19-10-6-7-11-20(19)16-24(22)30-2/h3-16H,1-2H3,(H,27,29). The zero-order chi connectivity index (χ0) is 21.1. The van der Waals surface area contributed by atoms with Gasteiger partial charge in [-0.15, -0.1) is 0 Å². The number of ketones is 1. The molecule has 0 aliphatic carbocycles. The molecule has 0 bridgehead atoms. The van der Waals surface area contributed by atoms with E-state index in [1.165, 1.54) is 7.11 Å². The Morgan fingerprint density at radius 2 is 1.43 bits per heavy atom. The van der Waals surface area contributed by atoms with Crippen LogP contribution in [0.1, 0.15) is 31.8 Å². The van der Waals surface area contributed by atoms with E-state index in [2.05, 4.69) is 5.32 Å². The summed E-state index contributed by atoms with van der Waals surface area (Å²) in [4.78, 5) is 26.2. The fourth-order valence-corrected chi connectivity index (χ4v) is 3.46. The molecule has 0 spiro atoms. The Morgan fingerprint density at radius 3 is 2.13 bits per heavy atom. The van der Waals surface area contributed by atoms with Gasteiger partial charge in [-0.1, -0.05) is 66.2 Å². The zero-order valence-corrected chi connectivity index (χ0v) is 16.8. The van der Waals surface area contributed by atoms with Crippen LogP contribution in [0.3, 0.4) is 0 Å². The highest BCUT2D eigenvalue weighted by molar-refractivity contribution is 6.16. The van der Waals surface area contributed by atoms with Gasteiger partial charge in [0.2, 0.25) is 0 Å². The van der Waals surface area contributed by atoms with E-state index in [0.717, 1.165) is 16.3 Å². The highest BCUT2D eigenvalue weighted by atomic mass is 16.5. The summed E-state index contributed by atoms with van der Waals surface area (Å²) in [6, 6.07) is 25.9. The van der Waals surface area contributed by atoms with Gasteiger partial charge >= 0.3 is 0 Å². The maximum absolute atomic E-state index is 13.1. The zero-order valence-electron chi connectivity index (χ0n) is 16.8. The molecule has 0 atom stereocenters. The van der Waals surface area contributed by atoms with Crippen LogP contribution in [0.15, 0.2) is 84.9 Å². The van der Waals surface area contributed by atoms with Crippen molar-refractivity contribution < 1.29 is 14.3 Å². The first-order valence-corrected chi connectivity index (χ1v) is 9.65. The van der Waals surface area contributed by atoms with Crippen molar-refractivity contribution in [2.45, 2.75) is 6.92 Å². The second kappa shape index (κ2) is 8.21. The lowest BCUT2D eigenvalue weighted by Gasteiger charge is -2.14. The van der Waals surface area contributed by atoms with Crippen LogP contribution in [-0.2, 0) is 0 Å². The van der Waals surface area contributed by atoms with Crippen molar-refractivity contribution in [1.82, 2.24) is 0 Å². The second-order valence-electron chi connectivity index (χ2n) is 7.10. The van der Waals surface area contributed by atoms with Crippen LogP contribution in [0.4, 0.5) is 5.69 Å². The van der Waals surface area contributed by atoms with E-state index >= 15 is 0 Å². The third-order valence-electron chi connectivity index (χ3n) is 5.02. The predicted molar refractivity (Wildman–Crippen MR) is 120 cm³/mol. The van der Waals surface area contributed by atoms with Crippen molar-refractivity contribution in [3.63, 3.8) is 0 Å². The van der Waals surface area contributed by atoms with E-state index in [4.69, 9.17) is 4.74 Å². The third kappa shape index (κ3) is 3.80. The molecular weight excluding hydrogens is 374 g/mol. The maximum atomic E-state index is 13.1. The normalized spacial score (nSPS) is 10.6. The van der Waals surface area contributed by atoms with Crippen molar-refractivity contribution in [3.05, 3.63) is 107 Å². The van der Waals surface area contributed by atoms with Crippen LogP contribution in [0.2, 0.25) is 0 Å². The molecule has 0 aromatic heterocycles. The lowest BCUT2D eigenvalue weighted by molar-refractivity contribution is 0.102. The summed E-state index contributed by atoms with van der Waals surface area (Å²) in [5.41, 5.74) is 2.84. The number of methoxy groups -OCH3 is 1. The van der Waals surface area contributed by atoms with Gasteiger partial charge in [0.15, 0.2) is 5.78 Å². The molecule has 1 amide bonds. The van der Waals surface area contributed by atoms with Crippen molar-refractivity contribution in [2.75, 3.05) is 12.4 Å². The van der Waals surface area contributed by atoms with E-state index in [9.17, 15) is 9.59 Å². The highest BCUT2D eigenvalue weighted by Crippen LogP contribution is 2.28. The minimum Gasteiger partial charge on any atom is -0.496 e. The summed E-state index contributed by atoms with van der Waals surface area (Å²) in [7, 11) is 1.54. The number of ether oxygens (including phenoxy) is 1. The molecule has 0 radical (unpaired) electrons. The first-order chi connectivity index (χ1) is 14.6. The number of carbonyl (C=O) groups excluding carboxylic acids is 2. The lowest BCUT2D eigenvalue weighted by Crippen LogP contribution is -2.16. The number of aryl methyl sites for hydroxylation is 1. The average molecular weight is 395 g/mol. The summed E-state index contributed by atoms with van der Waals surface area (Å²) in [5, 5.41) is 4.83. The third-order valence-corrected chi connectivity index (χ3v) is 5.02. The number of hydrogen-bond acceptors (Lipinski definition) is 3. The molecule has 0 unspecified atom stereocenters. The van der Waals surface area contributed by atoms with Crippen molar-refractivity contribution in [2.24, 2.45) is 0 Å². The molecule has 4 nitrogen and oxygen atoms in total. The van der Waals surface area contributed by atoms with Gasteiger partial charge in [-0.3, -0.25) is 9.59 Å². The second-order valence-corrected chi connectivity index (χ2v) is 7.10. The Bertz CT molecular complexity index is 1250. The molecule has 148 valence electrons. The molecule has 1 N–H and O–H groups in total. The number of fused-ring (bicyclic) bond motifs is 1. The molecule has 4 aromatic rings. The Hall–Kier alpha value is -3.92. The number of nitrogens with one attached hydrogen (secondary N) is 1. The monoisotopic (exact) mass is 395 g/mol. The Kier molecular flexibility index (Phi) is 5.31. The van der Waals surface area contributed by atoms with Crippen LogP contribution in [0.25, 0.3) is 10.8 Å². The summed E-state index contributed by atoms with van der Waals surface area (Å²) >= 11 is 0. The summed E-state index contributed by atoms with van der Waals surface area (Å²) < 4.78 is 5.45. The van der Waals surface area contributed by atoms with Crippen LogP contribution in [-0.4, -0.2) is 18.8 Å². The summed E-state index contributed by atoms with van der Waals surface area (Å²) in [6.45, 7) is 1.92. The van der Waals surface area contributed by atoms with E-state index in [-0.39, 0.29) is 11.7 Å². The van der Waals surface area contributed by atoms with Gasteiger partial charge < -0.3 is 10.1 Å². The Balaban J connectivity index is 1.72. The summed E-state index contributed by atoms with van der Waals surface area (Å²) in [5.74, 6) is 0.0119. The quantitative estimate of drug-likeness (QED) is 0.445. The van der Waals surface area contributed by atoms with Gasteiger partial charge in [-0.2, -0.15) is 0 Å². The molecule has 4 heteroatoms. The lowest BCUT2D eigenvalue weighted by atomic mass is 9.99. The summed E-state index contributed by atoms with van der Waals surface area (Å²) in [6.07, 6.45) is 0. The van der Waals surface area contributed by atoms with Crippen molar-refractivity contribution in [1.29, 1.82) is 0 Å². The van der Waals surface area contributed by atoms with Crippen LogP contribution in [0.5, 0.6) is 5.75 Å². The Morgan fingerprint density at radius 1 is 0.767 bits per heavy atom. The van der Waals surface area contributed by atoms with Gasteiger partial charge in [-0.25, -0.2) is 0 Å². The van der Waals surface area contributed by atoms with E-state index in [1.54, 1.807) is 30.3 Å². The van der Waals surface area contributed by atoms with Crippen LogP contribution >= 0.6 is 0 Å². The number of rotatable bonds is 5. The molecule has 0 heterocycles. The van der Waals surface area contributed by atoms with E-state index in [1.807, 2.05) is 61.5 Å². The molecule has 0 saturated carbocycles. The van der Waals surface area contributed by atoms with Gasteiger partial charge in [0, 0.05) is 11.1 Å². The highest BCUT2D eigenvalue weighted by Gasteiger charge is 2.19. The SMILES string of the molecule is COc1cc2ccccc2cc1C(=O)Nc1ccc(C)cc1C(=O)c1ccccc1. The molecule has 4 rings (SSSR count). The van der Waals surface area contributed by atoms with Gasteiger partial charge in [-0.05, 0) is 42.0 Å². The van der Waals surface area contributed by atoms with Gasteiger partial charge in [0.1, 0.15) is 5.75 Å². The fourth-order valence-electron chi connectivity index (χ4n) is 3.46. The molecule has 0 fully saturated rings. The van der Waals surface area contributed by atoms with E-state index in [0.29, 0.717) is 28.1 Å². The largest absolute Gasteiger partial charge is 0.496 e. The number of benzene rings is 4. The molecule has 4 aromatic carbocycles. The first-order valence-electron chi connectivity index (χ1n) is 9.65. The minimum atomic E-state index is -0.330. The fraction of sp³-hybridized carbons (Fsp3) is 0.0769. The number of carbonyl (C=O) groups is 2. The molecule has 30 heavy (non-hydrogen) atoms. The molecule has 0 aliphatic rings. The van der Waals surface area contributed by atoms with Gasteiger partial charge in [0.25, 0.3) is 5.91 Å². The number of anilines is 1. The average Bonchev–Trinajstić information content (AvgIpc) is 2.79. The first kappa shape index (κ1) is 19.4. The topological polar surface area (TPSA) is 55.4 Å². The Labute approximate surface area is 175 Å². The van der Waals surface area contributed by atoms with Gasteiger partial charge in [0.05, 0.1) is 18.4 Å². The van der Waals surface area contributed by atoms with E-state index < -0.39 is 0 Å². The smallest absolute Gasteiger partial charge is 0.259 e. The van der Waals surface area contributed by atoms with Crippen LogP contribution < -0.4 is 10.1 Å². The molecule has 0 aliphatic heterocycles. The van der Waals surface area contributed by atoms with Crippen molar-refractivity contribution in [3.8, 4) is 5.75 Å². The minimum absolute atomic E-state index is 0.139. The number of amides is 1. The van der Waals surface area contributed by atoms with Crippen molar-refractivity contribution >= 4 is 28.2 Å². The maximum Gasteiger partial charge on any atom is 0.259 e. The van der Waals surface area contributed by atoms with Crippen LogP contribution in [0, 0.1) is 6.92 Å².